The van der Waals surface area contributed by atoms with Crippen LogP contribution in [0.4, 0.5) is 0 Å². The average Bonchev–Trinajstić information content (AvgIpc) is 2.81. The largest absolute Gasteiger partial charge is 0.493 e. The lowest BCUT2D eigenvalue weighted by Gasteiger charge is -2.32. The van der Waals surface area contributed by atoms with Gasteiger partial charge in [0.15, 0.2) is 11.5 Å². The van der Waals surface area contributed by atoms with Crippen LogP contribution in [-0.4, -0.2) is 20.8 Å². The predicted octanol–water partition coefficient (Wildman–Crippen LogP) is 5.84. The molecular formula is C27H32N2O2. The Labute approximate surface area is 185 Å². The lowest BCUT2D eigenvalue weighted by atomic mass is 9.70. The van der Waals surface area contributed by atoms with Crippen LogP contribution in [0.25, 0.3) is 10.8 Å². The molecule has 0 spiro atoms. The minimum atomic E-state index is -0.569. The second kappa shape index (κ2) is 10.3. The fourth-order valence-electron chi connectivity index (χ4n) is 4.29. The summed E-state index contributed by atoms with van der Waals surface area (Å²) in [5.74, 6) is 1.52. The summed E-state index contributed by atoms with van der Waals surface area (Å²) >= 11 is 0. The van der Waals surface area contributed by atoms with Gasteiger partial charge in [0.05, 0.1) is 25.7 Å². The molecule has 0 saturated carbocycles. The first-order valence-electron chi connectivity index (χ1n) is 10.9. The van der Waals surface area contributed by atoms with E-state index in [1.54, 1.807) is 14.2 Å². The van der Waals surface area contributed by atoms with Gasteiger partial charge >= 0.3 is 0 Å². The Bertz CT molecular complexity index is 1050. The highest BCUT2D eigenvalue weighted by Crippen LogP contribution is 2.40. The number of nitrogens with one attached hydrogen (secondary N) is 1. The van der Waals surface area contributed by atoms with E-state index in [4.69, 9.17) is 9.47 Å². The van der Waals surface area contributed by atoms with Crippen LogP contribution >= 0.6 is 0 Å². The molecule has 0 heterocycles. The van der Waals surface area contributed by atoms with E-state index in [9.17, 15) is 5.26 Å². The minimum absolute atomic E-state index is 0.175. The number of nitrogens with zero attached hydrogens (tertiary/aromatic N) is 1. The van der Waals surface area contributed by atoms with Crippen molar-refractivity contribution >= 4 is 10.8 Å². The number of ether oxygens (including phenoxy) is 2. The zero-order valence-electron chi connectivity index (χ0n) is 18.9. The summed E-state index contributed by atoms with van der Waals surface area (Å²) in [4.78, 5) is 0. The number of rotatable bonds is 10. The van der Waals surface area contributed by atoms with Gasteiger partial charge in [-0.2, -0.15) is 5.26 Å². The first kappa shape index (κ1) is 22.7. The Morgan fingerprint density at radius 1 is 0.968 bits per heavy atom. The summed E-state index contributed by atoms with van der Waals surface area (Å²) in [6, 6.07) is 23.4. The van der Waals surface area contributed by atoms with Crippen LogP contribution in [0.3, 0.4) is 0 Å². The van der Waals surface area contributed by atoms with Crippen molar-refractivity contribution < 1.29 is 9.47 Å². The van der Waals surface area contributed by atoms with Crippen molar-refractivity contribution in [2.75, 3.05) is 20.8 Å². The number of benzene rings is 3. The summed E-state index contributed by atoms with van der Waals surface area (Å²) in [6.45, 7) is 5.90. The minimum Gasteiger partial charge on any atom is -0.493 e. The van der Waals surface area contributed by atoms with Gasteiger partial charge in [-0.15, -0.1) is 0 Å². The molecule has 0 bridgehead atoms. The standard InChI is InChI=1S/C27H32N2O2/c1-20(2)27(19-28,23-13-14-25(30-3)26(17-23)31-4)15-8-16-29-18-22-11-7-10-21-9-5-6-12-24(21)22/h5-7,9-14,17,20,29H,8,15-16,18H2,1-4H3. The predicted molar refractivity (Wildman–Crippen MR) is 127 cm³/mol. The molecule has 4 heteroatoms. The van der Waals surface area contributed by atoms with Gasteiger partial charge in [0.2, 0.25) is 0 Å². The van der Waals surface area contributed by atoms with Crippen LogP contribution in [0, 0.1) is 17.2 Å². The van der Waals surface area contributed by atoms with Gasteiger partial charge in [-0.05, 0) is 59.3 Å². The summed E-state index contributed by atoms with van der Waals surface area (Å²) in [6.07, 6.45) is 1.68. The highest BCUT2D eigenvalue weighted by atomic mass is 16.5. The van der Waals surface area contributed by atoms with E-state index >= 15 is 0 Å². The monoisotopic (exact) mass is 416 g/mol. The second-order valence-corrected chi connectivity index (χ2v) is 8.23. The Morgan fingerprint density at radius 3 is 2.42 bits per heavy atom. The maximum absolute atomic E-state index is 10.2. The quantitative estimate of drug-likeness (QED) is 0.422. The molecule has 1 unspecified atom stereocenters. The van der Waals surface area contributed by atoms with Crippen molar-refractivity contribution in [2.45, 2.75) is 38.6 Å². The molecule has 0 aliphatic heterocycles. The van der Waals surface area contributed by atoms with Crippen LogP contribution < -0.4 is 14.8 Å². The summed E-state index contributed by atoms with van der Waals surface area (Å²) < 4.78 is 10.8. The second-order valence-electron chi connectivity index (χ2n) is 8.23. The molecule has 0 amide bonds. The molecule has 0 aliphatic carbocycles. The van der Waals surface area contributed by atoms with Gasteiger partial charge in [0.25, 0.3) is 0 Å². The number of hydrogen-bond acceptors (Lipinski definition) is 4. The summed E-state index contributed by atoms with van der Waals surface area (Å²) in [5.41, 5.74) is 1.71. The molecule has 0 saturated heterocycles. The molecule has 1 atom stereocenters. The number of nitriles is 1. The van der Waals surface area contributed by atoms with Crippen molar-refractivity contribution in [1.29, 1.82) is 5.26 Å². The van der Waals surface area contributed by atoms with Gasteiger partial charge in [0.1, 0.15) is 0 Å². The Hall–Kier alpha value is -3.03. The van der Waals surface area contributed by atoms with E-state index in [0.29, 0.717) is 11.5 Å². The first-order valence-corrected chi connectivity index (χ1v) is 10.9. The van der Waals surface area contributed by atoms with E-state index in [0.717, 1.165) is 31.5 Å². The number of methoxy groups -OCH3 is 2. The Morgan fingerprint density at radius 2 is 1.71 bits per heavy atom. The third-order valence-electron chi connectivity index (χ3n) is 6.20. The molecule has 3 rings (SSSR count). The fourth-order valence-corrected chi connectivity index (χ4v) is 4.29. The van der Waals surface area contributed by atoms with E-state index in [2.05, 4.69) is 67.7 Å². The van der Waals surface area contributed by atoms with E-state index in [-0.39, 0.29) is 5.92 Å². The van der Waals surface area contributed by atoms with Crippen molar-refractivity contribution in [3.63, 3.8) is 0 Å². The van der Waals surface area contributed by atoms with Crippen molar-refractivity contribution in [2.24, 2.45) is 5.92 Å². The SMILES string of the molecule is COc1ccc(C(C#N)(CCCNCc2cccc3ccccc23)C(C)C)cc1OC. The zero-order chi connectivity index (χ0) is 22.3. The van der Waals surface area contributed by atoms with Crippen molar-refractivity contribution in [1.82, 2.24) is 5.32 Å². The van der Waals surface area contributed by atoms with Crippen molar-refractivity contribution in [3.05, 3.63) is 71.8 Å². The van der Waals surface area contributed by atoms with Crippen LogP contribution in [-0.2, 0) is 12.0 Å². The van der Waals surface area contributed by atoms with Gasteiger partial charge < -0.3 is 14.8 Å². The van der Waals surface area contributed by atoms with Crippen molar-refractivity contribution in [3.8, 4) is 17.6 Å². The molecule has 31 heavy (non-hydrogen) atoms. The molecule has 0 aromatic heterocycles. The lowest BCUT2D eigenvalue weighted by Crippen LogP contribution is -2.32. The van der Waals surface area contributed by atoms with Gasteiger partial charge in [-0.1, -0.05) is 62.4 Å². The highest BCUT2D eigenvalue weighted by molar-refractivity contribution is 5.85. The maximum atomic E-state index is 10.2. The van der Waals surface area contributed by atoms with Gasteiger partial charge in [-0.25, -0.2) is 0 Å². The first-order chi connectivity index (χ1) is 15.1. The third kappa shape index (κ3) is 4.84. The number of hydrogen-bond donors (Lipinski definition) is 1. The molecule has 0 radical (unpaired) electrons. The van der Waals surface area contributed by atoms with E-state index in [1.807, 2.05) is 18.2 Å². The molecule has 0 aliphatic rings. The normalized spacial score (nSPS) is 13.0. The Balaban J connectivity index is 1.68. The smallest absolute Gasteiger partial charge is 0.161 e. The zero-order valence-corrected chi connectivity index (χ0v) is 18.9. The topological polar surface area (TPSA) is 54.3 Å². The third-order valence-corrected chi connectivity index (χ3v) is 6.20. The van der Waals surface area contributed by atoms with Crippen LogP contribution in [0.1, 0.15) is 37.8 Å². The van der Waals surface area contributed by atoms with Crippen LogP contribution in [0.5, 0.6) is 11.5 Å². The highest BCUT2D eigenvalue weighted by Gasteiger charge is 2.36. The fraction of sp³-hybridized carbons (Fsp3) is 0.370. The van der Waals surface area contributed by atoms with Gasteiger partial charge in [0, 0.05) is 6.54 Å². The van der Waals surface area contributed by atoms with E-state index < -0.39 is 5.41 Å². The average molecular weight is 417 g/mol. The lowest BCUT2D eigenvalue weighted by molar-refractivity contribution is 0.341. The van der Waals surface area contributed by atoms with Gasteiger partial charge in [-0.3, -0.25) is 0 Å². The Kier molecular flexibility index (Phi) is 7.55. The van der Waals surface area contributed by atoms with E-state index in [1.165, 1.54) is 16.3 Å². The summed E-state index contributed by atoms with van der Waals surface area (Å²) in [7, 11) is 3.25. The molecule has 3 aromatic carbocycles. The molecule has 162 valence electrons. The maximum Gasteiger partial charge on any atom is 0.161 e. The molecule has 4 nitrogen and oxygen atoms in total. The summed E-state index contributed by atoms with van der Waals surface area (Å²) in [5, 5.41) is 16.3. The van der Waals surface area contributed by atoms with Crippen LogP contribution in [0.2, 0.25) is 0 Å². The molecule has 3 aromatic rings. The van der Waals surface area contributed by atoms with Crippen LogP contribution in [0.15, 0.2) is 60.7 Å². The number of fused-ring (bicyclic) bond motifs is 1. The molecule has 0 fully saturated rings. The molecule has 1 N–H and O–H groups in total. The molecular weight excluding hydrogens is 384 g/mol.